The zero-order chi connectivity index (χ0) is 48.6. The third kappa shape index (κ3) is 13.6. The van der Waals surface area contributed by atoms with Gasteiger partial charge in [-0.05, 0) is 75.4 Å². The maximum Gasteiger partial charge on any atom is 0.338 e. The average Bonchev–Trinajstić information content (AvgIpc) is 3.68. The van der Waals surface area contributed by atoms with Gasteiger partial charge in [-0.1, -0.05) is 81.3 Å². The van der Waals surface area contributed by atoms with Gasteiger partial charge in [-0.25, -0.2) is 19.2 Å². The number of rotatable bonds is 23. The van der Waals surface area contributed by atoms with Gasteiger partial charge >= 0.3 is 23.6 Å². The van der Waals surface area contributed by atoms with Crippen molar-refractivity contribution >= 4 is 23.8 Å². The summed E-state index contributed by atoms with van der Waals surface area (Å²) in [5, 5.41) is 13.9. The zero-order valence-electron chi connectivity index (χ0n) is 39.1. The van der Waals surface area contributed by atoms with Gasteiger partial charge in [-0.15, -0.1) is 0 Å². The van der Waals surface area contributed by atoms with Crippen LogP contribution >= 0.6 is 0 Å². The highest BCUT2D eigenvalue weighted by Crippen LogP contribution is 2.34. The van der Waals surface area contributed by atoms with Crippen LogP contribution in [0.5, 0.6) is 0 Å². The number of esters is 3. The fourth-order valence-corrected chi connectivity index (χ4v) is 8.22. The van der Waals surface area contributed by atoms with Gasteiger partial charge in [0, 0.05) is 50.9 Å². The van der Waals surface area contributed by atoms with Crippen molar-refractivity contribution < 1.29 is 57.4 Å². The Bertz CT molecular complexity index is 2380. The molecule has 2 fully saturated rings. The smallest absolute Gasteiger partial charge is 0.338 e. The van der Waals surface area contributed by atoms with Crippen molar-refractivity contribution in [2.24, 2.45) is 13.0 Å². The summed E-state index contributed by atoms with van der Waals surface area (Å²) in [6, 6.07) is 25.2. The largest absolute Gasteiger partial charge is 0.459 e. The van der Waals surface area contributed by atoms with Crippen molar-refractivity contribution in [3.8, 4) is 0 Å². The predicted octanol–water partition coefficient (Wildman–Crippen LogP) is 5.44. The van der Waals surface area contributed by atoms with Gasteiger partial charge < -0.3 is 43.6 Å². The maximum absolute atomic E-state index is 13.5. The minimum atomic E-state index is -1.19. The molecule has 1 amide bonds. The van der Waals surface area contributed by atoms with E-state index in [0.29, 0.717) is 55.5 Å². The lowest BCUT2D eigenvalue weighted by atomic mass is 9.91. The first kappa shape index (κ1) is 51.4. The number of aryl methyl sites for hydroxylation is 1. The van der Waals surface area contributed by atoms with E-state index in [1.165, 1.54) is 17.8 Å². The number of aliphatic hydroxyl groups is 1. The van der Waals surface area contributed by atoms with Crippen LogP contribution in [-0.2, 0) is 45.0 Å². The number of carbonyl (C=O) groups is 4. The van der Waals surface area contributed by atoms with E-state index in [2.05, 4.69) is 5.32 Å². The lowest BCUT2D eigenvalue weighted by molar-refractivity contribution is -0.281. The number of nitrogens with zero attached hydrogens (tertiary/aromatic N) is 2. The molecule has 366 valence electrons. The molecule has 68 heavy (non-hydrogen) atoms. The number of nitrogens with one attached hydrogen (secondary N) is 1. The van der Waals surface area contributed by atoms with Crippen LogP contribution in [0.3, 0.4) is 0 Å². The van der Waals surface area contributed by atoms with Crippen LogP contribution in [0.4, 0.5) is 0 Å². The van der Waals surface area contributed by atoms with Crippen molar-refractivity contribution in [1.29, 1.82) is 0 Å². The Morgan fingerprint density at radius 1 is 0.691 bits per heavy atom. The molecular weight excluding hydrogens is 879 g/mol. The third-order valence-electron chi connectivity index (χ3n) is 12.1. The minimum Gasteiger partial charge on any atom is -0.459 e. The number of unbranched alkanes of at least 4 members (excludes halogenated alkanes) is 4. The Morgan fingerprint density at radius 2 is 1.25 bits per heavy atom. The molecule has 17 nitrogen and oxygen atoms in total. The SMILES string of the molecule is CC[C@H]1O[C@@H](n2cc(C)c(=O)n(C)c2=O)C(OCCCCCCNC(=O)CCCCO[C@@H]2O[C@H](COC(=O)c3ccccc3)[C@H](OC(=O)c3ccccc3)[C@H](OC(=O)c3ccccc3)[C@H]2C)[C@H]1O. The maximum atomic E-state index is 13.5. The van der Waals surface area contributed by atoms with Crippen LogP contribution in [0.2, 0.25) is 0 Å². The average molecular weight is 942 g/mol. The van der Waals surface area contributed by atoms with Crippen molar-refractivity contribution in [1.82, 2.24) is 14.5 Å². The van der Waals surface area contributed by atoms with E-state index < -0.39 is 84.2 Å². The van der Waals surface area contributed by atoms with E-state index in [9.17, 15) is 33.9 Å². The van der Waals surface area contributed by atoms with E-state index in [4.69, 9.17) is 33.2 Å². The summed E-state index contributed by atoms with van der Waals surface area (Å²) in [7, 11) is 1.41. The third-order valence-corrected chi connectivity index (χ3v) is 12.1. The van der Waals surface area contributed by atoms with E-state index in [1.54, 1.807) is 105 Å². The van der Waals surface area contributed by atoms with Crippen molar-refractivity contribution in [2.75, 3.05) is 26.4 Å². The molecule has 2 N–H and O–H groups in total. The molecule has 3 aromatic carbocycles. The zero-order valence-corrected chi connectivity index (χ0v) is 39.1. The topological polar surface area (TPSA) is 209 Å². The number of ether oxygens (including phenoxy) is 7. The Hall–Kier alpha value is -5.98. The molecule has 0 aliphatic carbocycles. The van der Waals surface area contributed by atoms with Crippen molar-refractivity contribution in [3.63, 3.8) is 0 Å². The molecule has 0 saturated carbocycles. The number of aromatic nitrogens is 2. The highest BCUT2D eigenvalue weighted by atomic mass is 16.7. The first-order chi connectivity index (χ1) is 32.9. The lowest BCUT2D eigenvalue weighted by Crippen LogP contribution is -2.58. The Balaban J connectivity index is 0.958. The summed E-state index contributed by atoms with van der Waals surface area (Å²) >= 11 is 0. The highest BCUT2D eigenvalue weighted by molar-refractivity contribution is 5.91. The molecule has 1 aromatic heterocycles. The molecule has 2 aliphatic rings. The molecule has 0 spiro atoms. The molecule has 0 bridgehead atoms. The van der Waals surface area contributed by atoms with Crippen LogP contribution in [0, 0.1) is 12.8 Å². The van der Waals surface area contributed by atoms with Gasteiger partial charge in [-0.2, -0.15) is 0 Å². The second-order valence-corrected chi connectivity index (χ2v) is 17.1. The number of amides is 1. The summed E-state index contributed by atoms with van der Waals surface area (Å²) in [4.78, 5) is 77.9. The first-order valence-corrected chi connectivity index (χ1v) is 23.4. The molecule has 9 atom stereocenters. The van der Waals surface area contributed by atoms with Gasteiger partial charge in [0.25, 0.3) is 5.56 Å². The van der Waals surface area contributed by atoms with Crippen molar-refractivity contribution in [2.45, 2.75) is 121 Å². The molecule has 2 saturated heterocycles. The molecule has 6 rings (SSSR count). The van der Waals surface area contributed by atoms with Gasteiger partial charge in [0.15, 0.2) is 18.6 Å². The second kappa shape index (κ2) is 25.4. The van der Waals surface area contributed by atoms with Gasteiger partial charge in [0.2, 0.25) is 5.91 Å². The van der Waals surface area contributed by atoms with E-state index >= 15 is 0 Å². The Morgan fingerprint density at radius 3 is 1.87 bits per heavy atom. The van der Waals surface area contributed by atoms with E-state index in [0.717, 1.165) is 23.8 Å². The Labute approximate surface area is 395 Å². The van der Waals surface area contributed by atoms with Crippen LogP contribution in [0.1, 0.15) is 108 Å². The number of carbonyl (C=O) groups excluding carboxylic acids is 4. The molecular formula is C51H63N3O14. The van der Waals surface area contributed by atoms with Crippen LogP contribution in [0.25, 0.3) is 0 Å². The van der Waals surface area contributed by atoms with Crippen LogP contribution in [0.15, 0.2) is 107 Å². The fraction of sp³-hybridized carbons (Fsp3) is 0.490. The summed E-state index contributed by atoms with van der Waals surface area (Å²) in [5.74, 6) is -2.69. The van der Waals surface area contributed by atoms with Gasteiger partial charge in [0.05, 0.1) is 22.8 Å². The second-order valence-electron chi connectivity index (χ2n) is 17.1. The predicted molar refractivity (Wildman–Crippen MR) is 248 cm³/mol. The molecule has 2 aliphatic heterocycles. The quantitative estimate of drug-likeness (QED) is 0.0539. The summed E-state index contributed by atoms with van der Waals surface area (Å²) < 4.78 is 44.8. The number of hydrogen-bond acceptors (Lipinski definition) is 14. The Kier molecular flexibility index (Phi) is 19.2. The van der Waals surface area contributed by atoms with Gasteiger partial charge in [-0.3, -0.25) is 18.7 Å². The van der Waals surface area contributed by atoms with Gasteiger partial charge in [0.1, 0.15) is 31.0 Å². The molecule has 17 heteroatoms. The number of aliphatic hydroxyl groups excluding tert-OH is 1. The summed E-state index contributed by atoms with van der Waals surface area (Å²) in [6.45, 7) is 5.95. The summed E-state index contributed by atoms with van der Waals surface area (Å²) in [6.07, 6.45) is -1.04. The fourth-order valence-electron chi connectivity index (χ4n) is 8.22. The molecule has 0 radical (unpaired) electrons. The number of hydrogen-bond donors (Lipinski definition) is 2. The minimum absolute atomic E-state index is 0.0949. The van der Waals surface area contributed by atoms with Crippen LogP contribution in [-0.4, -0.2) is 107 Å². The standard InChI is InChI=1S/C51H63N3O14/c1-5-38-41(56)44(46(65-38)54-31-33(2)45(57)53(4)51(54)61)62-29-19-7-6-18-28-52-40(55)27-17-20-30-63-50-34(3)42(67-48(59)36-23-13-9-14-24-36)43(68-49(60)37-25-15-10-16-26-37)39(66-50)32-64-47(58)35-21-11-8-12-22-35/h8-16,21-26,31,34,38-39,41-44,46,50,56H,5-7,17-20,27-30,32H2,1-4H3,(H,52,55)/t34-,38-,39-,41+,42-,43+,44?,46-,50-/m1/s1. The monoisotopic (exact) mass is 941 g/mol. The lowest BCUT2D eigenvalue weighted by Gasteiger charge is -2.44. The first-order valence-electron chi connectivity index (χ1n) is 23.4. The molecule has 1 unspecified atom stereocenters. The highest BCUT2D eigenvalue weighted by Gasteiger charge is 2.50. The van der Waals surface area contributed by atoms with Crippen molar-refractivity contribution in [3.05, 3.63) is 140 Å². The van der Waals surface area contributed by atoms with Crippen LogP contribution < -0.4 is 16.6 Å². The van der Waals surface area contributed by atoms with E-state index in [-0.39, 0.29) is 31.1 Å². The number of benzene rings is 3. The van der Waals surface area contributed by atoms with E-state index in [1.807, 2.05) is 6.92 Å². The summed E-state index contributed by atoms with van der Waals surface area (Å²) in [5.41, 5.74) is 0.312. The molecule has 3 heterocycles. The molecule has 4 aromatic rings. The normalized spacial score (nSPS) is 23.4.